The van der Waals surface area contributed by atoms with Crippen LogP contribution in [0.5, 0.6) is 23.0 Å². The summed E-state index contributed by atoms with van der Waals surface area (Å²) in [6, 6.07) is 15.4. The Hall–Kier alpha value is -6.03. The molecule has 0 radical (unpaired) electrons. The zero-order chi connectivity index (χ0) is 34.9. The maximum Gasteiger partial charge on any atom is 0.296 e. The number of nitrogens with zero attached hydrogens (tertiary/aromatic N) is 4. The number of nitro groups is 2. The van der Waals surface area contributed by atoms with Crippen LogP contribution in [0.1, 0.15) is 63.8 Å². The van der Waals surface area contributed by atoms with Crippen LogP contribution in [0.25, 0.3) is 0 Å². The molecular weight excluding hydrogens is 696 g/mol. The Morgan fingerprint density at radius 1 is 0.712 bits per heavy atom. The Balaban J connectivity index is -0.000000365. The molecule has 4 rings (SSSR count). The third kappa shape index (κ3) is 17.6. The van der Waals surface area contributed by atoms with Gasteiger partial charge in [-0.3, -0.25) is 29.8 Å². The van der Waals surface area contributed by atoms with E-state index in [0.717, 1.165) is 0 Å². The number of nitrogens with one attached hydrogen (secondary N) is 3. The number of nitrogens with two attached hydrogens (primary N) is 1. The van der Waals surface area contributed by atoms with Crippen LogP contribution in [0.3, 0.4) is 0 Å². The number of nitro benzene ring substituents is 2. The van der Waals surface area contributed by atoms with Crippen LogP contribution in [0.4, 0.5) is 34.4 Å². The van der Waals surface area contributed by atoms with Gasteiger partial charge in [0, 0.05) is 51.5 Å². The van der Waals surface area contributed by atoms with Gasteiger partial charge in [0.15, 0.2) is 0 Å². The predicted molar refractivity (Wildman–Crippen MR) is 212 cm³/mol. The molecule has 2 aromatic carbocycles. The van der Waals surface area contributed by atoms with E-state index in [2.05, 4.69) is 25.9 Å². The minimum Gasteiger partial charge on any atom is -0.457 e. The second kappa shape index (κ2) is 26.8. The minimum absolute atomic E-state index is 0. The third-order valence-corrected chi connectivity index (χ3v) is 5.96. The summed E-state index contributed by atoms with van der Waals surface area (Å²) in [6.45, 7) is 3.45. The zero-order valence-corrected chi connectivity index (χ0v) is 26.6. The second-order valence-electron chi connectivity index (χ2n) is 8.98. The summed E-state index contributed by atoms with van der Waals surface area (Å²) < 4.78 is 11.1. The average Bonchev–Trinajstić information content (AvgIpc) is 3.05. The number of amides is 1. The van der Waals surface area contributed by atoms with Gasteiger partial charge in [0.1, 0.15) is 46.0 Å². The first-order valence-corrected chi connectivity index (χ1v) is 14.2. The standard InChI is InChI=1S/C15H16N4O4.C12H12N4O3.C3H5ClO.5CH4/c1-3-15(20)18-14-9-11(6-7-17-14)23-10-4-5-12(16-2)13(8-10)19(21)22;1-14-10-3-2-8(6-11(10)16(17)18)19-9-4-5-15-12(13)7-9;1-2-3(4)5;;;;;/h4-9,16H,3H2,1-2H3,(H,17,18,20);2-7,14H,1H3,(H2,13,15);2H2,1H3;5*1H4. The highest BCUT2D eigenvalue weighted by Crippen LogP contribution is 2.32. The van der Waals surface area contributed by atoms with Gasteiger partial charge in [-0.05, 0) is 48.0 Å². The quantitative estimate of drug-likeness (QED) is 0.0636. The number of halogens is 1. The lowest BCUT2D eigenvalue weighted by molar-refractivity contribution is -0.384. The van der Waals surface area contributed by atoms with Gasteiger partial charge in [-0.15, -0.1) is 0 Å². The Morgan fingerprint density at radius 3 is 1.48 bits per heavy atom. The summed E-state index contributed by atoms with van der Waals surface area (Å²) in [6.07, 6.45) is 3.75. The molecule has 0 spiro atoms. The van der Waals surface area contributed by atoms with Crippen molar-refractivity contribution in [3.8, 4) is 23.0 Å². The van der Waals surface area contributed by atoms with Gasteiger partial charge in [0.25, 0.3) is 11.4 Å². The maximum atomic E-state index is 11.4. The van der Waals surface area contributed by atoms with Crippen molar-refractivity contribution >= 4 is 57.1 Å². The van der Waals surface area contributed by atoms with Crippen molar-refractivity contribution in [2.45, 2.75) is 63.8 Å². The minimum atomic E-state index is -0.488. The van der Waals surface area contributed by atoms with Crippen LogP contribution in [0.2, 0.25) is 0 Å². The lowest BCUT2D eigenvalue weighted by Gasteiger charge is -2.09. The van der Waals surface area contributed by atoms with Crippen molar-refractivity contribution in [2.24, 2.45) is 0 Å². The first kappa shape index (κ1) is 52.8. The van der Waals surface area contributed by atoms with Crippen LogP contribution >= 0.6 is 11.6 Å². The summed E-state index contributed by atoms with van der Waals surface area (Å²) >= 11 is 4.82. The monoisotopic (exact) mass is 748 g/mol. The summed E-state index contributed by atoms with van der Waals surface area (Å²) in [5.74, 6) is 2.07. The van der Waals surface area contributed by atoms with E-state index in [4.69, 9.17) is 26.8 Å². The summed E-state index contributed by atoms with van der Waals surface area (Å²) in [5.41, 5.74) is 6.21. The molecule has 1 amide bonds. The molecule has 0 saturated heterocycles. The molecule has 0 aliphatic heterocycles. The summed E-state index contributed by atoms with van der Waals surface area (Å²) in [7, 11) is 3.22. The molecule has 52 heavy (non-hydrogen) atoms. The summed E-state index contributed by atoms with van der Waals surface area (Å²) in [5, 5.41) is 29.8. The van der Waals surface area contributed by atoms with Gasteiger partial charge in [-0.2, -0.15) is 0 Å². The number of anilines is 4. The predicted octanol–water partition coefficient (Wildman–Crippen LogP) is 9.92. The molecule has 0 aliphatic carbocycles. The lowest BCUT2D eigenvalue weighted by Crippen LogP contribution is -2.10. The van der Waals surface area contributed by atoms with Crippen molar-refractivity contribution < 1.29 is 28.9 Å². The number of nitrogen functional groups attached to an aromatic ring is 1. The van der Waals surface area contributed by atoms with Crippen molar-refractivity contribution in [1.82, 2.24) is 9.97 Å². The maximum absolute atomic E-state index is 11.4. The first-order valence-electron chi connectivity index (χ1n) is 13.8. The number of hydrogen-bond acceptors (Lipinski definition) is 13. The molecule has 0 unspecified atom stereocenters. The van der Waals surface area contributed by atoms with Crippen molar-refractivity contribution in [1.29, 1.82) is 0 Å². The van der Waals surface area contributed by atoms with Crippen LogP contribution in [0.15, 0.2) is 73.1 Å². The van der Waals surface area contributed by atoms with E-state index < -0.39 is 9.85 Å². The van der Waals surface area contributed by atoms with E-state index in [1.54, 1.807) is 70.4 Å². The molecule has 0 aliphatic rings. The topological polar surface area (TPSA) is 227 Å². The zero-order valence-electron chi connectivity index (χ0n) is 25.9. The van der Waals surface area contributed by atoms with E-state index >= 15 is 0 Å². The van der Waals surface area contributed by atoms with Crippen molar-refractivity contribution in [3.63, 3.8) is 0 Å². The molecule has 5 N–H and O–H groups in total. The molecule has 0 atom stereocenters. The number of rotatable bonds is 11. The van der Waals surface area contributed by atoms with E-state index in [0.29, 0.717) is 58.9 Å². The smallest absolute Gasteiger partial charge is 0.296 e. The number of ether oxygens (including phenoxy) is 2. The Bertz CT molecular complexity index is 1710. The van der Waals surface area contributed by atoms with Crippen LogP contribution in [-0.2, 0) is 9.59 Å². The molecule has 2 heterocycles. The van der Waals surface area contributed by atoms with E-state index in [1.807, 2.05) is 0 Å². The number of benzene rings is 2. The van der Waals surface area contributed by atoms with E-state index in [-0.39, 0.29) is 59.7 Å². The van der Waals surface area contributed by atoms with Crippen LogP contribution < -0.4 is 31.2 Å². The average molecular weight is 749 g/mol. The van der Waals surface area contributed by atoms with Crippen LogP contribution in [-0.4, -0.2) is 45.1 Å². The molecule has 2 aromatic heterocycles. The Morgan fingerprint density at radius 2 is 1.12 bits per heavy atom. The normalized spacial score (nSPS) is 8.79. The fourth-order valence-electron chi connectivity index (χ4n) is 3.41. The van der Waals surface area contributed by atoms with E-state index in [9.17, 15) is 29.8 Å². The highest BCUT2D eigenvalue weighted by molar-refractivity contribution is 6.63. The molecule has 0 fully saturated rings. The van der Waals surface area contributed by atoms with E-state index in [1.165, 1.54) is 30.6 Å². The van der Waals surface area contributed by atoms with Gasteiger partial charge in [0.2, 0.25) is 11.1 Å². The van der Waals surface area contributed by atoms with Gasteiger partial charge in [-0.25, -0.2) is 9.97 Å². The Labute approximate surface area is 311 Å². The number of carbonyl (C=O) groups is 2. The lowest BCUT2D eigenvalue weighted by atomic mass is 10.2. The van der Waals surface area contributed by atoms with Crippen molar-refractivity contribution in [2.75, 3.05) is 35.8 Å². The second-order valence-corrected chi connectivity index (χ2v) is 9.40. The molecule has 4 aromatic rings. The largest absolute Gasteiger partial charge is 0.457 e. The molecule has 288 valence electrons. The molecule has 17 heteroatoms. The number of hydrogen-bond donors (Lipinski definition) is 4. The SMILES string of the molecule is C.C.C.C.C.CCC(=O)Cl.CCC(=O)Nc1cc(Oc2ccc(NC)c([N+](=O)[O-])c2)ccn1.CNc1ccc(Oc2ccnc(N)c2)cc1[N+](=O)[O-]. The molecule has 0 saturated carbocycles. The molecule has 0 bridgehead atoms. The summed E-state index contributed by atoms with van der Waals surface area (Å²) in [4.78, 5) is 49.8. The third-order valence-electron chi connectivity index (χ3n) is 5.69. The fraction of sp³-hybridized carbons (Fsp3) is 0.314. The van der Waals surface area contributed by atoms with Crippen molar-refractivity contribution in [3.05, 3.63) is 93.3 Å². The number of aromatic nitrogens is 2. The highest BCUT2D eigenvalue weighted by Gasteiger charge is 2.16. The van der Waals surface area contributed by atoms with Gasteiger partial charge >= 0.3 is 0 Å². The number of carbonyl (C=O) groups excluding carboxylic acids is 2. The fourth-order valence-corrected chi connectivity index (χ4v) is 3.41. The van der Waals surface area contributed by atoms with Gasteiger partial charge in [-0.1, -0.05) is 51.0 Å². The van der Waals surface area contributed by atoms with Gasteiger partial charge < -0.3 is 31.2 Å². The number of pyridine rings is 2. The van der Waals surface area contributed by atoms with Crippen LogP contribution in [0, 0.1) is 20.2 Å². The first-order chi connectivity index (χ1) is 22.4. The molecular formula is C35H53ClN8O8. The molecule has 16 nitrogen and oxygen atoms in total. The highest BCUT2D eigenvalue weighted by atomic mass is 35.5. The Kier molecular flexibility index (Phi) is 27.2. The van der Waals surface area contributed by atoms with Gasteiger partial charge in [0.05, 0.1) is 22.0 Å².